The summed E-state index contributed by atoms with van der Waals surface area (Å²) in [7, 11) is 0. The van der Waals surface area contributed by atoms with E-state index in [0.717, 1.165) is 28.8 Å². The van der Waals surface area contributed by atoms with Gasteiger partial charge in [0.25, 0.3) is 0 Å². The van der Waals surface area contributed by atoms with Crippen molar-refractivity contribution in [3.8, 4) is 0 Å². The lowest BCUT2D eigenvalue weighted by molar-refractivity contribution is 0.250. The highest BCUT2D eigenvalue weighted by Gasteiger charge is 2.17. The molecule has 144 valence electrons. The number of hydrogen-bond donors (Lipinski definition) is 2. The van der Waals surface area contributed by atoms with Gasteiger partial charge in [-0.2, -0.15) is 0 Å². The summed E-state index contributed by atoms with van der Waals surface area (Å²) in [6.07, 6.45) is 3.44. The van der Waals surface area contributed by atoms with Crippen molar-refractivity contribution in [3.05, 3.63) is 101 Å². The van der Waals surface area contributed by atoms with Gasteiger partial charge in [0.15, 0.2) is 0 Å². The molecule has 0 aliphatic heterocycles. The number of benzene rings is 3. The summed E-state index contributed by atoms with van der Waals surface area (Å²) in [6, 6.07) is 25.9. The average molecular weight is 373 g/mol. The Morgan fingerprint density at radius 3 is 2.04 bits per heavy atom. The van der Waals surface area contributed by atoms with E-state index in [0.29, 0.717) is 0 Å². The molecule has 0 bridgehead atoms. The second kappa shape index (κ2) is 9.75. The fourth-order valence-electron chi connectivity index (χ4n) is 3.34. The molecular weight excluding hydrogens is 344 g/mol. The molecule has 3 nitrogen and oxygen atoms in total. The van der Waals surface area contributed by atoms with Gasteiger partial charge >= 0.3 is 6.03 Å². The summed E-state index contributed by atoms with van der Waals surface area (Å²) in [5.74, 6) is 0. The summed E-state index contributed by atoms with van der Waals surface area (Å²) < 4.78 is 0. The van der Waals surface area contributed by atoms with E-state index >= 15 is 0 Å². The first-order valence-corrected chi connectivity index (χ1v) is 9.94. The number of amides is 2. The highest BCUT2D eigenvalue weighted by Crippen LogP contribution is 2.23. The lowest BCUT2D eigenvalue weighted by Crippen LogP contribution is -2.33. The summed E-state index contributed by atoms with van der Waals surface area (Å²) in [5.41, 5.74) is 5.35. The number of rotatable bonds is 7. The van der Waals surface area contributed by atoms with Crippen molar-refractivity contribution in [1.29, 1.82) is 0 Å². The van der Waals surface area contributed by atoms with Gasteiger partial charge < -0.3 is 10.6 Å². The Labute approximate surface area is 167 Å². The van der Waals surface area contributed by atoms with Crippen LogP contribution in [-0.2, 0) is 6.42 Å². The van der Waals surface area contributed by atoms with Crippen LogP contribution < -0.4 is 10.6 Å². The standard InChI is InChI=1S/C25H28N2O/c1-3-4-11-20-16-17-23(19(2)18-20)26-25(28)27-24(21-12-7-5-8-13-21)22-14-9-6-10-15-22/h5-10,12-18,24H,3-4,11H2,1-2H3,(H2,26,27,28). The minimum atomic E-state index is -0.206. The number of aryl methyl sites for hydroxylation is 2. The van der Waals surface area contributed by atoms with E-state index in [1.165, 1.54) is 18.4 Å². The molecule has 0 aliphatic carbocycles. The van der Waals surface area contributed by atoms with Crippen LogP contribution >= 0.6 is 0 Å². The monoisotopic (exact) mass is 372 g/mol. The van der Waals surface area contributed by atoms with Crippen LogP contribution in [0.15, 0.2) is 78.9 Å². The average Bonchev–Trinajstić information content (AvgIpc) is 2.73. The SMILES string of the molecule is CCCCc1ccc(NC(=O)NC(c2ccccc2)c2ccccc2)c(C)c1. The lowest BCUT2D eigenvalue weighted by atomic mass is 9.99. The molecule has 3 aromatic rings. The molecule has 0 atom stereocenters. The summed E-state index contributed by atoms with van der Waals surface area (Å²) in [5, 5.41) is 6.14. The Morgan fingerprint density at radius 2 is 1.50 bits per heavy atom. The van der Waals surface area contributed by atoms with E-state index < -0.39 is 0 Å². The Hall–Kier alpha value is -3.07. The normalized spacial score (nSPS) is 10.7. The van der Waals surface area contributed by atoms with E-state index in [2.05, 4.69) is 29.7 Å². The van der Waals surface area contributed by atoms with Crippen LogP contribution in [0.2, 0.25) is 0 Å². The first-order chi connectivity index (χ1) is 13.7. The zero-order chi connectivity index (χ0) is 19.8. The Morgan fingerprint density at radius 1 is 0.893 bits per heavy atom. The molecule has 0 fully saturated rings. The van der Waals surface area contributed by atoms with Gasteiger partial charge in [0.2, 0.25) is 0 Å². The van der Waals surface area contributed by atoms with Gasteiger partial charge in [0.05, 0.1) is 6.04 Å². The Bertz CT molecular complexity index is 851. The minimum absolute atomic E-state index is 0.202. The minimum Gasteiger partial charge on any atom is -0.327 e. The van der Waals surface area contributed by atoms with E-state index in [4.69, 9.17) is 0 Å². The molecule has 2 N–H and O–H groups in total. The molecule has 0 heterocycles. The van der Waals surface area contributed by atoms with Gasteiger partial charge in [0.1, 0.15) is 0 Å². The highest BCUT2D eigenvalue weighted by atomic mass is 16.2. The molecule has 0 radical (unpaired) electrons. The maximum Gasteiger partial charge on any atom is 0.319 e. The van der Waals surface area contributed by atoms with Crippen molar-refractivity contribution >= 4 is 11.7 Å². The van der Waals surface area contributed by atoms with Crippen molar-refractivity contribution in [2.45, 2.75) is 39.2 Å². The number of hydrogen-bond acceptors (Lipinski definition) is 1. The third kappa shape index (κ3) is 5.23. The van der Waals surface area contributed by atoms with Gasteiger partial charge in [-0.05, 0) is 48.1 Å². The van der Waals surface area contributed by atoms with Gasteiger partial charge in [-0.1, -0.05) is 86.1 Å². The molecule has 2 amide bonds. The van der Waals surface area contributed by atoms with Crippen LogP contribution in [0.3, 0.4) is 0 Å². The van der Waals surface area contributed by atoms with Crippen molar-refractivity contribution in [2.24, 2.45) is 0 Å². The number of nitrogens with one attached hydrogen (secondary N) is 2. The quantitative estimate of drug-likeness (QED) is 0.506. The number of carbonyl (C=O) groups excluding carboxylic acids is 1. The molecule has 0 saturated heterocycles. The highest BCUT2D eigenvalue weighted by molar-refractivity contribution is 5.90. The summed E-state index contributed by atoms with van der Waals surface area (Å²) in [6.45, 7) is 4.24. The van der Waals surface area contributed by atoms with Crippen LogP contribution in [0.1, 0.15) is 48.1 Å². The maximum atomic E-state index is 12.8. The van der Waals surface area contributed by atoms with Gasteiger partial charge in [-0.3, -0.25) is 0 Å². The van der Waals surface area contributed by atoms with E-state index in [1.807, 2.05) is 73.7 Å². The third-order valence-corrected chi connectivity index (χ3v) is 4.90. The maximum absolute atomic E-state index is 12.8. The number of anilines is 1. The van der Waals surface area contributed by atoms with Crippen LogP contribution in [0.25, 0.3) is 0 Å². The van der Waals surface area contributed by atoms with Gasteiger partial charge in [0, 0.05) is 5.69 Å². The molecule has 28 heavy (non-hydrogen) atoms. The Kier molecular flexibility index (Phi) is 6.85. The van der Waals surface area contributed by atoms with Crippen LogP contribution in [0.4, 0.5) is 10.5 Å². The first-order valence-electron chi connectivity index (χ1n) is 9.94. The number of carbonyl (C=O) groups is 1. The Balaban J connectivity index is 1.74. The van der Waals surface area contributed by atoms with E-state index in [9.17, 15) is 4.79 Å². The largest absolute Gasteiger partial charge is 0.327 e. The molecule has 0 aliphatic rings. The predicted octanol–water partition coefficient (Wildman–Crippen LogP) is 6.25. The van der Waals surface area contributed by atoms with Crippen LogP contribution in [0.5, 0.6) is 0 Å². The van der Waals surface area contributed by atoms with Crippen LogP contribution in [0, 0.1) is 6.92 Å². The topological polar surface area (TPSA) is 41.1 Å². The number of unbranched alkanes of at least 4 members (excludes halogenated alkanes) is 1. The summed E-state index contributed by atoms with van der Waals surface area (Å²) >= 11 is 0. The number of urea groups is 1. The van der Waals surface area contributed by atoms with Crippen molar-refractivity contribution in [3.63, 3.8) is 0 Å². The zero-order valence-corrected chi connectivity index (χ0v) is 16.6. The van der Waals surface area contributed by atoms with Gasteiger partial charge in [-0.25, -0.2) is 4.79 Å². The molecule has 3 heteroatoms. The summed E-state index contributed by atoms with van der Waals surface area (Å²) in [4.78, 5) is 12.8. The molecular formula is C25H28N2O. The van der Waals surface area contributed by atoms with Crippen molar-refractivity contribution < 1.29 is 4.79 Å². The molecule has 0 unspecified atom stereocenters. The second-order valence-electron chi connectivity index (χ2n) is 7.11. The van der Waals surface area contributed by atoms with Crippen molar-refractivity contribution in [1.82, 2.24) is 5.32 Å². The van der Waals surface area contributed by atoms with E-state index in [1.54, 1.807) is 0 Å². The zero-order valence-electron chi connectivity index (χ0n) is 16.6. The fourth-order valence-corrected chi connectivity index (χ4v) is 3.34. The fraction of sp³-hybridized carbons (Fsp3) is 0.240. The molecule has 3 rings (SSSR count). The lowest BCUT2D eigenvalue weighted by Gasteiger charge is -2.21. The molecule has 0 aromatic heterocycles. The predicted molar refractivity (Wildman–Crippen MR) is 117 cm³/mol. The van der Waals surface area contributed by atoms with E-state index in [-0.39, 0.29) is 12.1 Å². The first kappa shape index (κ1) is 19.7. The molecule has 0 spiro atoms. The van der Waals surface area contributed by atoms with Crippen LogP contribution in [-0.4, -0.2) is 6.03 Å². The second-order valence-corrected chi connectivity index (χ2v) is 7.11. The molecule has 0 saturated carbocycles. The van der Waals surface area contributed by atoms with Gasteiger partial charge in [-0.15, -0.1) is 0 Å². The smallest absolute Gasteiger partial charge is 0.319 e. The molecule has 3 aromatic carbocycles. The third-order valence-electron chi connectivity index (χ3n) is 4.90. The van der Waals surface area contributed by atoms with Crippen molar-refractivity contribution in [2.75, 3.05) is 5.32 Å².